The molecular formula is C23H28N4O2S2. The van der Waals surface area contributed by atoms with Gasteiger partial charge in [-0.1, -0.05) is 105 Å². The maximum atomic E-state index is 12.9. The molecule has 164 valence electrons. The number of hydrogen-bond donors (Lipinski definition) is 2. The van der Waals surface area contributed by atoms with Gasteiger partial charge in [-0.05, 0) is 6.42 Å². The van der Waals surface area contributed by atoms with Crippen LogP contribution in [-0.2, 0) is 9.59 Å². The number of carbonyl (C=O) groups excluding carboxylic acids is 2. The lowest BCUT2D eigenvalue weighted by molar-refractivity contribution is -0.138. The van der Waals surface area contributed by atoms with E-state index in [1.807, 2.05) is 67.6 Å². The number of hydrazine groups is 2. The number of nitrogens with one attached hydrogen (secondary N) is 2. The summed E-state index contributed by atoms with van der Waals surface area (Å²) in [7, 11) is 3.33. The third kappa shape index (κ3) is 7.11. The van der Waals surface area contributed by atoms with E-state index in [4.69, 9.17) is 24.4 Å². The Morgan fingerprint density at radius 3 is 1.55 bits per heavy atom. The molecule has 0 saturated carbocycles. The number of nitrogens with zero attached hydrogens (tertiary/aromatic N) is 2. The number of rotatable bonds is 7. The van der Waals surface area contributed by atoms with Crippen molar-refractivity contribution in [3.63, 3.8) is 0 Å². The van der Waals surface area contributed by atoms with Crippen molar-refractivity contribution in [2.75, 3.05) is 14.1 Å². The van der Waals surface area contributed by atoms with Gasteiger partial charge in [0.05, 0.1) is 0 Å². The minimum atomic E-state index is -0.873. The van der Waals surface area contributed by atoms with Crippen LogP contribution < -0.4 is 10.9 Å². The van der Waals surface area contributed by atoms with Crippen LogP contribution in [0.2, 0.25) is 0 Å². The molecule has 0 unspecified atom stereocenters. The van der Waals surface area contributed by atoms with Crippen molar-refractivity contribution < 1.29 is 9.59 Å². The van der Waals surface area contributed by atoms with Crippen molar-refractivity contribution in [2.45, 2.75) is 26.2 Å². The van der Waals surface area contributed by atoms with E-state index in [0.29, 0.717) is 16.4 Å². The van der Waals surface area contributed by atoms with Crippen molar-refractivity contribution in [1.29, 1.82) is 0 Å². The van der Waals surface area contributed by atoms with Crippen LogP contribution in [0.15, 0.2) is 60.7 Å². The molecule has 0 aliphatic rings. The number of benzene rings is 2. The number of amides is 2. The van der Waals surface area contributed by atoms with Gasteiger partial charge in [0.15, 0.2) is 0 Å². The number of carbonyl (C=O) groups is 2. The first-order chi connectivity index (χ1) is 14.8. The molecule has 0 spiro atoms. The molecule has 0 radical (unpaired) electrons. The van der Waals surface area contributed by atoms with Gasteiger partial charge in [-0.3, -0.25) is 30.5 Å². The first-order valence-electron chi connectivity index (χ1n) is 10.1. The summed E-state index contributed by atoms with van der Waals surface area (Å²) in [5.74, 6) is -1.70. The fraction of sp³-hybridized carbons (Fsp3) is 0.304. The van der Waals surface area contributed by atoms with Gasteiger partial charge in [0.25, 0.3) is 11.8 Å². The minimum Gasteiger partial charge on any atom is -0.277 e. The summed E-state index contributed by atoms with van der Waals surface area (Å²) >= 11 is 10.9. The van der Waals surface area contributed by atoms with Gasteiger partial charge in [-0.15, -0.1) is 0 Å². The van der Waals surface area contributed by atoms with Crippen LogP contribution in [-0.4, -0.2) is 45.9 Å². The second kappa shape index (κ2) is 12.1. The molecule has 0 saturated heterocycles. The number of unbranched alkanes of at least 4 members (excludes halogenated alkanes) is 1. The first kappa shape index (κ1) is 24.4. The molecule has 0 atom stereocenters. The summed E-state index contributed by atoms with van der Waals surface area (Å²) in [5, 5.41) is 2.94. The third-order valence-corrected chi connectivity index (χ3v) is 5.71. The standard InChI is InChI=1S/C23H28N4O2S2/c1-4-5-16-19(20(28)24-26(2)22(30)17-12-8-6-9-13-17)21(29)25-27(3)23(31)18-14-10-7-11-15-18/h6-15,19H,4-5,16H2,1-3H3,(H,24,28)(H,25,29). The molecule has 2 aromatic carbocycles. The second-order valence-corrected chi connectivity index (χ2v) is 7.88. The van der Waals surface area contributed by atoms with Crippen LogP contribution in [0.3, 0.4) is 0 Å². The van der Waals surface area contributed by atoms with Gasteiger partial charge in [-0.2, -0.15) is 0 Å². The lowest BCUT2D eigenvalue weighted by atomic mass is 10.0. The molecule has 0 fully saturated rings. The van der Waals surface area contributed by atoms with E-state index >= 15 is 0 Å². The summed E-state index contributed by atoms with van der Waals surface area (Å²) in [6, 6.07) is 18.8. The number of thiocarbonyl (C=S) groups is 2. The lowest BCUT2D eigenvalue weighted by Gasteiger charge is -2.26. The van der Waals surface area contributed by atoms with Crippen LogP contribution in [0.5, 0.6) is 0 Å². The quantitative estimate of drug-likeness (QED) is 0.378. The van der Waals surface area contributed by atoms with Crippen molar-refractivity contribution in [3.8, 4) is 0 Å². The zero-order valence-corrected chi connectivity index (χ0v) is 19.6. The molecule has 0 aliphatic heterocycles. The van der Waals surface area contributed by atoms with Crippen LogP contribution in [0.4, 0.5) is 0 Å². The Hall–Kier alpha value is -2.84. The fourth-order valence-corrected chi connectivity index (χ4v) is 3.29. The Labute approximate surface area is 194 Å². The summed E-state index contributed by atoms with van der Waals surface area (Å²) in [4.78, 5) is 26.8. The molecule has 2 rings (SSSR count). The van der Waals surface area contributed by atoms with Gasteiger partial charge in [0, 0.05) is 25.2 Å². The van der Waals surface area contributed by atoms with Gasteiger partial charge in [-0.25, -0.2) is 0 Å². The molecule has 0 aliphatic carbocycles. The molecule has 2 N–H and O–H groups in total. The highest BCUT2D eigenvalue weighted by Crippen LogP contribution is 2.12. The van der Waals surface area contributed by atoms with E-state index in [-0.39, 0.29) is 0 Å². The van der Waals surface area contributed by atoms with Crippen LogP contribution in [0.1, 0.15) is 37.3 Å². The highest BCUT2D eigenvalue weighted by Gasteiger charge is 2.28. The average molecular weight is 457 g/mol. The lowest BCUT2D eigenvalue weighted by Crippen LogP contribution is -2.52. The molecule has 8 heteroatoms. The maximum Gasteiger partial charge on any atom is 0.251 e. The van der Waals surface area contributed by atoms with Crippen LogP contribution in [0.25, 0.3) is 0 Å². The van der Waals surface area contributed by atoms with Gasteiger partial charge in [0.2, 0.25) is 0 Å². The summed E-state index contributed by atoms with van der Waals surface area (Å²) in [6.45, 7) is 2.01. The van der Waals surface area contributed by atoms with E-state index in [0.717, 1.165) is 24.0 Å². The smallest absolute Gasteiger partial charge is 0.251 e. The predicted octanol–water partition coefficient (Wildman–Crippen LogP) is 3.47. The fourth-order valence-electron chi connectivity index (χ4n) is 2.93. The second-order valence-electron chi connectivity index (χ2n) is 7.11. The molecule has 0 bridgehead atoms. The molecule has 2 aromatic rings. The summed E-state index contributed by atoms with van der Waals surface area (Å²) < 4.78 is 0. The monoisotopic (exact) mass is 456 g/mol. The van der Waals surface area contributed by atoms with Crippen molar-refractivity contribution in [3.05, 3.63) is 71.8 Å². The average Bonchev–Trinajstić information content (AvgIpc) is 2.79. The van der Waals surface area contributed by atoms with Gasteiger partial charge in [0.1, 0.15) is 15.9 Å². The summed E-state index contributed by atoms with van der Waals surface area (Å²) in [6.07, 6.45) is 2.03. The maximum absolute atomic E-state index is 12.9. The molecule has 2 amide bonds. The Bertz CT molecular complexity index is 835. The normalized spacial score (nSPS) is 10.3. The highest BCUT2D eigenvalue weighted by molar-refractivity contribution is 7.80. The molecule has 0 heterocycles. The zero-order valence-electron chi connectivity index (χ0n) is 18.0. The topological polar surface area (TPSA) is 64.7 Å². The highest BCUT2D eigenvalue weighted by atomic mass is 32.1. The van der Waals surface area contributed by atoms with Crippen LogP contribution in [0, 0.1) is 5.92 Å². The Kier molecular flexibility index (Phi) is 9.55. The molecule has 0 aromatic heterocycles. The zero-order chi connectivity index (χ0) is 22.8. The molecular weight excluding hydrogens is 428 g/mol. The van der Waals surface area contributed by atoms with E-state index in [9.17, 15) is 9.59 Å². The van der Waals surface area contributed by atoms with Crippen LogP contribution >= 0.6 is 24.4 Å². The Balaban J connectivity index is 2.05. The van der Waals surface area contributed by atoms with E-state index in [2.05, 4.69) is 10.9 Å². The number of hydrogen-bond acceptors (Lipinski definition) is 4. The first-order valence-corrected chi connectivity index (χ1v) is 10.9. The van der Waals surface area contributed by atoms with Gasteiger partial charge >= 0.3 is 0 Å². The van der Waals surface area contributed by atoms with E-state index in [1.54, 1.807) is 14.1 Å². The molecule has 31 heavy (non-hydrogen) atoms. The van der Waals surface area contributed by atoms with E-state index in [1.165, 1.54) is 10.0 Å². The summed E-state index contributed by atoms with van der Waals surface area (Å²) in [5.41, 5.74) is 7.10. The van der Waals surface area contributed by atoms with Gasteiger partial charge < -0.3 is 0 Å². The minimum absolute atomic E-state index is 0.411. The SMILES string of the molecule is CCCCC(C(=O)NN(C)C(=S)c1ccccc1)C(=O)NN(C)C(=S)c1ccccc1. The van der Waals surface area contributed by atoms with Crippen molar-refractivity contribution in [2.24, 2.45) is 5.92 Å². The largest absolute Gasteiger partial charge is 0.277 e. The van der Waals surface area contributed by atoms with Crippen molar-refractivity contribution >= 4 is 46.2 Å². The third-order valence-electron chi connectivity index (χ3n) is 4.69. The Morgan fingerprint density at radius 1 is 0.806 bits per heavy atom. The van der Waals surface area contributed by atoms with Crippen molar-refractivity contribution in [1.82, 2.24) is 20.9 Å². The van der Waals surface area contributed by atoms with E-state index < -0.39 is 17.7 Å². The molecule has 6 nitrogen and oxygen atoms in total. The predicted molar refractivity (Wildman–Crippen MR) is 131 cm³/mol. The Morgan fingerprint density at radius 2 is 1.19 bits per heavy atom.